The highest BCUT2D eigenvalue weighted by molar-refractivity contribution is 5.96. The fourth-order valence-corrected chi connectivity index (χ4v) is 2.91. The summed E-state index contributed by atoms with van der Waals surface area (Å²) in [6, 6.07) is 0. The lowest BCUT2D eigenvalue weighted by Crippen LogP contribution is -2.28. The van der Waals surface area contributed by atoms with E-state index in [9.17, 15) is 15.0 Å². The maximum atomic E-state index is 12.6. The van der Waals surface area contributed by atoms with E-state index in [-0.39, 0.29) is 18.3 Å². The van der Waals surface area contributed by atoms with Gasteiger partial charge in [0.2, 0.25) is 0 Å². The Balaban J connectivity index is 2.21. The maximum Gasteiger partial charge on any atom is 0.338 e. The summed E-state index contributed by atoms with van der Waals surface area (Å²) in [7, 11) is 0. The van der Waals surface area contributed by atoms with Gasteiger partial charge < -0.3 is 19.8 Å². The molecule has 0 fully saturated rings. The lowest BCUT2D eigenvalue weighted by atomic mass is 9.94. The van der Waals surface area contributed by atoms with E-state index in [2.05, 4.69) is 23.7 Å². The fraction of sp³-hybridized carbons (Fsp3) is 0.429. The van der Waals surface area contributed by atoms with E-state index in [1.54, 1.807) is 19.1 Å². The van der Waals surface area contributed by atoms with E-state index < -0.39 is 0 Å². The standard InChI is InChI=1S/C21H28N2O4/c1-4-23(5-2)10-11-27-21(26)18-9-7-6-8-16(18)12-19-17(14-24)13-22-15(3)20(19)25/h6-7,9,12-13,24-25H,4-5,8,10-11,14H2,1-3H3. The molecule has 1 aliphatic carbocycles. The Hall–Kier alpha value is -2.44. The number of likely N-dealkylation sites (N-methyl/N-ethyl adjacent to an activating group) is 1. The van der Waals surface area contributed by atoms with E-state index in [1.165, 1.54) is 6.20 Å². The number of nitrogens with zero attached hydrogens (tertiary/aromatic N) is 2. The first kappa shape index (κ1) is 20.9. The Bertz CT molecular complexity index is 762. The molecule has 2 N–H and O–H groups in total. The Morgan fingerprint density at radius 2 is 2.11 bits per heavy atom. The number of hydrogen-bond acceptors (Lipinski definition) is 6. The van der Waals surface area contributed by atoms with Gasteiger partial charge in [0.05, 0.1) is 17.9 Å². The van der Waals surface area contributed by atoms with Gasteiger partial charge in [0, 0.05) is 23.9 Å². The van der Waals surface area contributed by atoms with Gasteiger partial charge in [-0.15, -0.1) is 0 Å². The lowest BCUT2D eigenvalue weighted by molar-refractivity contribution is -0.139. The summed E-state index contributed by atoms with van der Waals surface area (Å²) in [6.07, 6.45) is 9.29. The van der Waals surface area contributed by atoms with Gasteiger partial charge in [0.25, 0.3) is 0 Å². The summed E-state index contributed by atoms with van der Waals surface area (Å²) in [5, 5.41) is 19.9. The lowest BCUT2D eigenvalue weighted by Gasteiger charge is -2.19. The van der Waals surface area contributed by atoms with Gasteiger partial charge in [0.15, 0.2) is 0 Å². The average molecular weight is 372 g/mol. The van der Waals surface area contributed by atoms with Gasteiger partial charge in [-0.05, 0) is 44.2 Å². The normalized spacial score (nSPS) is 15.3. The second kappa shape index (κ2) is 10.0. The third-order valence-corrected chi connectivity index (χ3v) is 4.68. The van der Waals surface area contributed by atoms with Crippen molar-refractivity contribution in [1.29, 1.82) is 0 Å². The van der Waals surface area contributed by atoms with Crippen LogP contribution >= 0.6 is 0 Å². The second-order valence-corrected chi connectivity index (χ2v) is 6.33. The zero-order valence-corrected chi connectivity index (χ0v) is 16.2. The number of aromatic hydroxyl groups is 1. The summed E-state index contributed by atoms with van der Waals surface area (Å²) in [5.74, 6) is -0.369. The van der Waals surface area contributed by atoms with Crippen LogP contribution in [0.3, 0.4) is 0 Å². The smallest absolute Gasteiger partial charge is 0.338 e. The molecule has 146 valence electrons. The molecule has 0 radical (unpaired) electrons. The number of esters is 1. The van der Waals surface area contributed by atoms with E-state index >= 15 is 0 Å². The molecule has 2 rings (SSSR count). The number of ether oxygens (including phenoxy) is 1. The number of aryl methyl sites for hydroxylation is 1. The first-order valence-electron chi connectivity index (χ1n) is 9.27. The van der Waals surface area contributed by atoms with E-state index in [0.29, 0.717) is 42.0 Å². The quantitative estimate of drug-likeness (QED) is 0.683. The molecule has 0 unspecified atom stereocenters. The van der Waals surface area contributed by atoms with Crippen molar-refractivity contribution in [1.82, 2.24) is 9.88 Å². The predicted octanol–water partition coefficient (Wildman–Crippen LogP) is 2.74. The zero-order chi connectivity index (χ0) is 19.8. The van der Waals surface area contributed by atoms with Gasteiger partial charge in [-0.1, -0.05) is 26.0 Å². The van der Waals surface area contributed by atoms with Crippen LogP contribution in [0.4, 0.5) is 0 Å². The minimum Gasteiger partial charge on any atom is -0.505 e. The van der Waals surface area contributed by atoms with Crippen molar-refractivity contribution in [3.05, 3.63) is 52.4 Å². The first-order chi connectivity index (χ1) is 13.0. The fourth-order valence-electron chi connectivity index (χ4n) is 2.91. The molecule has 1 aromatic rings. The number of aromatic nitrogens is 1. The van der Waals surface area contributed by atoms with Crippen LogP contribution in [-0.2, 0) is 16.1 Å². The van der Waals surface area contributed by atoms with Crippen molar-refractivity contribution in [3.8, 4) is 5.75 Å². The Kier molecular flexibility index (Phi) is 7.76. The van der Waals surface area contributed by atoms with Gasteiger partial charge in [0.1, 0.15) is 12.4 Å². The SMILES string of the molecule is CCN(CC)CCOC(=O)C1=CC=CCC1=Cc1c(CO)cnc(C)c1O. The molecule has 6 nitrogen and oxygen atoms in total. The number of pyridine rings is 1. The Morgan fingerprint density at radius 1 is 1.37 bits per heavy atom. The molecular formula is C21H28N2O4. The van der Waals surface area contributed by atoms with Crippen molar-refractivity contribution in [2.45, 2.75) is 33.8 Å². The number of carbonyl (C=O) groups excluding carboxylic acids is 1. The summed E-state index contributed by atoms with van der Waals surface area (Å²) in [6.45, 7) is 8.44. The van der Waals surface area contributed by atoms with Crippen LogP contribution in [0.5, 0.6) is 5.75 Å². The van der Waals surface area contributed by atoms with Crippen molar-refractivity contribution >= 4 is 12.0 Å². The van der Waals surface area contributed by atoms with Crippen molar-refractivity contribution in [3.63, 3.8) is 0 Å². The number of aliphatic hydroxyl groups excluding tert-OH is 1. The van der Waals surface area contributed by atoms with E-state index in [1.807, 2.05) is 12.2 Å². The topological polar surface area (TPSA) is 82.9 Å². The monoisotopic (exact) mass is 372 g/mol. The van der Waals surface area contributed by atoms with Crippen molar-refractivity contribution < 1.29 is 19.7 Å². The number of carbonyl (C=O) groups is 1. The number of aliphatic hydroxyl groups is 1. The van der Waals surface area contributed by atoms with Crippen LogP contribution in [0, 0.1) is 6.92 Å². The van der Waals surface area contributed by atoms with Gasteiger partial charge >= 0.3 is 5.97 Å². The molecule has 0 amide bonds. The minimum absolute atomic E-state index is 0.0119. The highest BCUT2D eigenvalue weighted by Gasteiger charge is 2.19. The van der Waals surface area contributed by atoms with Gasteiger partial charge in [-0.2, -0.15) is 0 Å². The van der Waals surface area contributed by atoms with Crippen LogP contribution in [0.15, 0.2) is 35.6 Å². The van der Waals surface area contributed by atoms with Crippen LogP contribution in [0.1, 0.15) is 37.1 Å². The predicted molar refractivity (Wildman–Crippen MR) is 105 cm³/mol. The second-order valence-electron chi connectivity index (χ2n) is 6.33. The van der Waals surface area contributed by atoms with E-state index in [0.717, 1.165) is 18.7 Å². The molecule has 6 heteroatoms. The molecule has 0 spiro atoms. The molecule has 1 aliphatic rings. The summed E-state index contributed by atoms with van der Waals surface area (Å²) >= 11 is 0. The Morgan fingerprint density at radius 3 is 2.78 bits per heavy atom. The van der Waals surface area contributed by atoms with Crippen LogP contribution < -0.4 is 0 Å². The molecular weight excluding hydrogens is 344 g/mol. The zero-order valence-electron chi connectivity index (χ0n) is 16.2. The number of allylic oxidation sites excluding steroid dienone is 3. The van der Waals surface area contributed by atoms with Crippen molar-refractivity contribution in [2.24, 2.45) is 0 Å². The summed E-state index contributed by atoms with van der Waals surface area (Å²) < 4.78 is 5.45. The Labute approximate surface area is 160 Å². The van der Waals surface area contributed by atoms with Gasteiger partial charge in [-0.3, -0.25) is 4.98 Å². The number of rotatable bonds is 8. The molecule has 1 aromatic heterocycles. The molecule has 0 saturated carbocycles. The highest BCUT2D eigenvalue weighted by Crippen LogP contribution is 2.30. The molecule has 0 atom stereocenters. The molecule has 27 heavy (non-hydrogen) atoms. The van der Waals surface area contributed by atoms with Crippen LogP contribution in [0.25, 0.3) is 6.08 Å². The average Bonchev–Trinajstić information content (AvgIpc) is 2.69. The molecule has 0 bridgehead atoms. The summed E-state index contributed by atoms with van der Waals surface area (Å²) in [4.78, 5) is 18.8. The van der Waals surface area contributed by atoms with Crippen LogP contribution in [-0.4, -0.2) is 52.3 Å². The largest absolute Gasteiger partial charge is 0.505 e. The number of hydrogen-bond donors (Lipinski definition) is 2. The third-order valence-electron chi connectivity index (χ3n) is 4.68. The summed E-state index contributed by atoms with van der Waals surface area (Å²) in [5.41, 5.74) is 2.67. The van der Waals surface area contributed by atoms with Crippen molar-refractivity contribution in [2.75, 3.05) is 26.2 Å². The molecule has 0 aliphatic heterocycles. The van der Waals surface area contributed by atoms with E-state index in [4.69, 9.17) is 4.74 Å². The highest BCUT2D eigenvalue weighted by atomic mass is 16.5. The first-order valence-corrected chi connectivity index (χ1v) is 9.27. The minimum atomic E-state index is -0.381. The molecule has 0 saturated heterocycles. The van der Waals surface area contributed by atoms with Gasteiger partial charge in [-0.25, -0.2) is 4.79 Å². The molecule has 0 aromatic carbocycles. The maximum absolute atomic E-state index is 12.6. The third kappa shape index (κ3) is 5.28. The van der Waals surface area contributed by atoms with Crippen LogP contribution in [0.2, 0.25) is 0 Å². The molecule has 1 heterocycles.